The van der Waals surface area contributed by atoms with Gasteiger partial charge in [0.1, 0.15) is 11.9 Å². The lowest BCUT2D eigenvalue weighted by atomic mass is 10.0. The Bertz CT molecular complexity index is 739. The molecule has 0 fully saturated rings. The molecule has 5 nitrogen and oxygen atoms in total. The third kappa shape index (κ3) is 3.03. The zero-order valence-corrected chi connectivity index (χ0v) is 12.1. The van der Waals surface area contributed by atoms with E-state index in [1.54, 1.807) is 24.5 Å². The number of ether oxygens (including phenoxy) is 1. The summed E-state index contributed by atoms with van der Waals surface area (Å²) < 4.78 is 5.80. The molecule has 1 aliphatic rings. The van der Waals surface area contributed by atoms with Gasteiger partial charge >= 0.3 is 0 Å². The third-order valence-corrected chi connectivity index (χ3v) is 3.32. The fraction of sp³-hybridized carbons (Fsp3) is 0.118. The first-order chi connectivity index (χ1) is 10.7. The first kappa shape index (κ1) is 14.0. The number of hydrogen-bond acceptors (Lipinski definition) is 4. The van der Waals surface area contributed by atoms with Gasteiger partial charge in [0.25, 0.3) is 5.91 Å². The minimum absolute atomic E-state index is 0.117. The average molecular weight is 293 g/mol. The van der Waals surface area contributed by atoms with Gasteiger partial charge in [-0.15, -0.1) is 0 Å². The van der Waals surface area contributed by atoms with Gasteiger partial charge in [-0.1, -0.05) is 18.2 Å². The summed E-state index contributed by atoms with van der Waals surface area (Å²) >= 11 is 0. The van der Waals surface area contributed by atoms with E-state index >= 15 is 0 Å². The van der Waals surface area contributed by atoms with Crippen LogP contribution in [0.25, 0.3) is 6.08 Å². The second-order valence-corrected chi connectivity index (χ2v) is 4.88. The van der Waals surface area contributed by atoms with Crippen LogP contribution in [0.5, 0.6) is 5.75 Å². The van der Waals surface area contributed by atoms with Crippen molar-refractivity contribution < 1.29 is 9.53 Å². The molecule has 1 atom stereocenters. The Morgan fingerprint density at radius 2 is 2.18 bits per heavy atom. The van der Waals surface area contributed by atoms with Gasteiger partial charge in [-0.25, -0.2) is 5.43 Å². The number of aromatic nitrogens is 1. The molecule has 3 rings (SSSR count). The molecular formula is C17H15N3O2. The summed E-state index contributed by atoms with van der Waals surface area (Å²) in [5.41, 5.74) is 4.84. The molecular weight excluding hydrogens is 278 g/mol. The molecule has 2 heterocycles. The molecule has 1 aromatic heterocycles. The number of nitrogens with one attached hydrogen (secondary N) is 1. The topological polar surface area (TPSA) is 63.6 Å². The van der Waals surface area contributed by atoms with E-state index in [0.717, 1.165) is 16.9 Å². The first-order valence-electron chi connectivity index (χ1n) is 6.95. The number of amides is 1. The fourth-order valence-electron chi connectivity index (χ4n) is 2.13. The number of rotatable bonds is 3. The maximum atomic E-state index is 11.9. The second-order valence-electron chi connectivity index (χ2n) is 4.88. The molecule has 0 aliphatic carbocycles. The summed E-state index contributed by atoms with van der Waals surface area (Å²) in [4.78, 5) is 15.7. The molecule has 110 valence electrons. The minimum atomic E-state index is -0.297. The molecule has 0 spiro atoms. The van der Waals surface area contributed by atoms with Crippen LogP contribution in [0.4, 0.5) is 0 Å². The molecule has 1 amide bonds. The smallest absolute Gasteiger partial charge is 0.272 e. The van der Waals surface area contributed by atoms with E-state index in [-0.39, 0.29) is 12.0 Å². The van der Waals surface area contributed by atoms with Crippen molar-refractivity contribution in [2.75, 3.05) is 0 Å². The molecule has 1 aliphatic heterocycles. The maximum absolute atomic E-state index is 11.9. The Kier molecular flexibility index (Phi) is 3.96. The Hall–Kier alpha value is -2.95. The van der Waals surface area contributed by atoms with Crippen LogP contribution in [-0.4, -0.2) is 23.2 Å². The number of hydrazone groups is 1. The zero-order valence-electron chi connectivity index (χ0n) is 12.1. The fourth-order valence-corrected chi connectivity index (χ4v) is 2.13. The van der Waals surface area contributed by atoms with Crippen molar-refractivity contribution in [3.8, 4) is 5.75 Å². The number of fused-ring (bicyclic) bond motifs is 1. The Morgan fingerprint density at radius 1 is 1.32 bits per heavy atom. The van der Waals surface area contributed by atoms with E-state index in [0.29, 0.717) is 5.56 Å². The van der Waals surface area contributed by atoms with Gasteiger partial charge in [0.2, 0.25) is 0 Å². The molecule has 5 heteroatoms. The van der Waals surface area contributed by atoms with Crippen molar-refractivity contribution >= 4 is 18.2 Å². The normalized spacial score (nSPS) is 16.6. The Labute approximate surface area is 128 Å². The number of carbonyl (C=O) groups is 1. The van der Waals surface area contributed by atoms with E-state index < -0.39 is 0 Å². The van der Waals surface area contributed by atoms with Crippen molar-refractivity contribution in [3.05, 3.63) is 65.5 Å². The number of hydrogen-bond donors (Lipinski definition) is 1. The summed E-state index contributed by atoms with van der Waals surface area (Å²) in [6.45, 7) is 1.94. The van der Waals surface area contributed by atoms with Crippen LogP contribution in [0.1, 0.15) is 22.8 Å². The lowest BCUT2D eigenvalue weighted by Crippen LogP contribution is -2.22. The van der Waals surface area contributed by atoms with Crippen LogP contribution in [0.15, 0.2) is 59.5 Å². The van der Waals surface area contributed by atoms with Crippen LogP contribution < -0.4 is 10.2 Å². The molecule has 0 bridgehead atoms. The molecule has 2 aromatic rings. The van der Waals surface area contributed by atoms with Crippen molar-refractivity contribution in [3.63, 3.8) is 0 Å². The van der Waals surface area contributed by atoms with Gasteiger partial charge in [0, 0.05) is 23.5 Å². The Balaban J connectivity index is 1.71. The SMILES string of the molecule is C[C@H]1Oc2ccccc2C=C1C=NNC(=O)c1cccnc1. The van der Waals surface area contributed by atoms with Crippen LogP contribution in [-0.2, 0) is 0 Å². The highest BCUT2D eigenvalue weighted by atomic mass is 16.5. The average Bonchev–Trinajstić information content (AvgIpc) is 2.56. The zero-order chi connectivity index (χ0) is 15.4. The summed E-state index contributed by atoms with van der Waals surface area (Å²) in [6, 6.07) is 11.2. The molecule has 0 saturated carbocycles. The highest BCUT2D eigenvalue weighted by Gasteiger charge is 2.16. The summed E-state index contributed by atoms with van der Waals surface area (Å²) in [7, 11) is 0. The van der Waals surface area contributed by atoms with E-state index in [4.69, 9.17) is 4.74 Å². The number of pyridine rings is 1. The monoisotopic (exact) mass is 293 g/mol. The van der Waals surface area contributed by atoms with Crippen LogP contribution >= 0.6 is 0 Å². The van der Waals surface area contributed by atoms with Crippen LogP contribution in [0, 0.1) is 0 Å². The van der Waals surface area contributed by atoms with Gasteiger partial charge in [-0.2, -0.15) is 5.10 Å². The molecule has 1 aromatic carbocycles. The van der Waals surface area contributed by atoms with E-state index in [1.165, 1.54) is 6.20 Å². The molecule has 22 heavy (non-hydrogen) atoms. The highest BCUT2D eigenvalue weighted by Crippen LogP contribution is 2.28. The van der Waals surface area contributed by atoms with Gasteiger partial charge in [0.15, 0.2) is 0 Å². The van der Waals surface area contributed by atoms with E-state index in [2.05, 4.69) is 15.5 Å². The van der Waals surface area contributed by atoms with Gasteiger partial charge < -0.3 is 4.74 Å². The first-order valence-corrected chi connectivity index (χ1v) is 6.95. The van der Waals surface area contributed by atoms with Crippen LogP contribution in [0.3, 0.4) is 0 Å². The highest BCUT2D eigenvalue weighted by molar-refractivity contribution is 5.95. The molecule has 0 radical (unpaired) electrons. The maximum Gasteiger partial charge on any atom is 0.272 e. The van der Waals surface area contributed by atoms with Gasteiger partial charge in [-0.3, -0.25) is 9.78 Å². The largest absolute Gasteiger partial charge is 0.485 e. The molecule has 0 saturated heterocycles. The number of nitrogens with zero attached hydrogens (tertiary/aromatic N) is 2. The van der Waals surface area contributed by atoms with Gasteiger partial charge in [-0.05, 0) is 31.2 Å². The van der Waals surface area contributed by atoms with Crippen LogP contribution in [0.2, 0.25) is 0 Å². The summed E-state index contributed by atoms with van der Waals surface area (Å²) in [5.74, 6) is 0.557. The Morgan fingerprint density at radius 3 is 3.00 bits per heavy atom. The molecule has 1 N–H and O–H groups in total. The quantitative estimate of drug-likeness (QED) is 0.699. The summed E-state index contributed by atoms with van der Waals surface area (Å²) in [6.07, 6.45) is 6.60. The lowest BCUT2D eigenvalue weighted by Gasteiger charge is -2.22. The predicted octanol–water partition coefficient (Wildman–Crippen LogP) is 2.66. The second kappa shape index (κ2) is 6.22. The van der Waals surface area contributed by atoms with E-state index in [1.807, 2.05) is 37.3 Å². The van der Waals surface area contributed by atoms with Crippen molar-refractivity contribution in [2.45, 2.75) is 13.0 Å². The number of benzene rings is 1. The lowest BCUT2D eigenvalue weighted by molar-refractivity contribution is 0.0954. The summed E-state index contributed by atoms with van der Waals surface area (Å²) in [5, 5.41) is 3.99. The van der Waals surface area contributed by atoms with Gasteiger partial charge in [0.05, 0.1) is 11.8 Å². The standard InChI is InChI=1S/C17H15N3O2/c1-12-15(9-13-5-2-3-7-16(13)22-12)11-19-20-17(21)14-6-4-8-18-10-14/h2-12H,1H3,(H,20,21)/t12-/m1/s1. The van der Waals surface area contributed by atoms with Crippen molar-refractivity contribution in [1.82, 2.24) is 10.4 Å². The third-order valence-electron chi connectivity index (χ3n) is 3.32. The number of carbonyl (C=O) groups excluding carboxylic acids is 1. The van der Waals surface area contributed by atoms with Crippen molar-refractivity contribution in [2.24, 2.45) is 5.10 Å². The predicted molar refractivity (Wildman–Crippen MR) is 84.7 cm³/mol. The van der Waals surface area contributed by atoms with Crippen molar-refractivity contribution in [1.29, 1.82) is 0 Å². The van der Waals surface area contributed by atoms with E-state index in [9.17, 15) is 4.79 Å². The minimum Gasteiger partial charge on any atom is -0.485 e. The number of para-hydroxylation sites is 1. The molecule has 0 unspecified atom stereocenters.